The van der Waals surface area contributed by atoms with Gasteiger partial charge in [0.15, 0.2) is 0 Å². The first-order chi connectivity index (χ1) is 6.24. The van der Waals surface area contributed by atoms with Gasteiger partial charge in [-0.3, -0.25) is 4.79 Å². The molecule has 0 atom stereocenters. The van der Waals surface area contributed by atoms with Gasteiger partial charge in [-0.25, -0.2) is 0 Å². The molecule has 0 heterocycles. The van der Waals surface area contributed by atoms with Gasteiger partial charge in [0.25, 0.3) is 0 Å². The first-order valence-electron chi connectivity index (χ1n) is 3.98. The molecule has 0 aliphatic rings. The van der Waals surface area contributed by atoms with Gasteiger partial charge in [0.1, 0.15) is 0 Å². The van der Waals surface area contributed by atoms with E-state index in [1.54, 1.807) is 7.11 Å². The summed E-state index contributed by atoms with van der Waals surface area (Å²) in [4.78, 5) is 10.7. The number of methoxy groups -OCH3 is 1. The minimum Gasteiger partial charge on any atom is -0.380 e. The summed E-state index contributed by atoms with van der Waals surface area (Å²) >= 11 is 5.30. The van der Waals surface area contributed by atoms with E-state index in [0.717, 1.165) is 11.1 Å². The maximum absolute atomic E-state index is 10.7. The van der Waals surface area contributed by atoms with Gasteiger partial charge in [-0.1, -0.05) is 24.3 Å². The molecular formula is C10H11ClO2. The third-order valence-electron chi connectivity index (χ3n) is 1.75. The average molecular weight is 199 g/mol. The maximum Gasteiger partial charge on any atom is 0.226 e. The van der Waals surface area contributed by atoms with Crippen molar-refractivity contribution in [2.24, 2.45) is 0 Å². The van der Waals surface area contributed by atoms with Gasteiger partial charge in [-0.2, -0.15) is 0 Å². The molecule has 13 heavy (non-hydrogen) atoms. The Balaban J connectivity index is 2.84. The van der Waals surface area contributed by atoms with Crippen LogP contribution in [0.3, 0.4) is 0 Å². The molecule has 0 saturated carbocycles. The molecule has 0 aliphatic carbocycles. The highest BCUT2D eigenvalue weighted by Crippen LogP contribution is 2.11. The average Bonchev–Trinajstić information content (AvgIpc) is 2.08. The lowest BCUT2D eigenvalue weighted by Gasteiger charge is -2.05. The molecule has 0 saturated heterocycles. The van der Waals surface area contributed by atoms with Gasteiger partial charge < -0.3 is 4.74 Å². The highest BCUT2D eigenvalue weighted by atomic mass is 35.5. The Morgan fingerprint density at radius 3 is 2.54 bits per heavy atom. The molecule has 0 bridgehead atoms. The molecule has 0 unspecified atom stereocenters. The van der Waals surface area contributed by atoms with E-state index < -0.39 is 0 Å². The molecule has 0 N–H and O–H groups in total. The molecule has 70 valence electrons. The summed E-state index contributed by atoms with van der Waals surface area (Å²) < 4.78 is 5.00. The van der Waals surface area contributed by atoms with Crippen molar-refractivity contribution in [1.82, 2.24) is 0 Å². The van der Waals surface area contributed by atoms with E-state index in [1.807, 2.05) is 24.3 Å². The summed E-state index contributed by atoms with van der Waals surface area (Å²) in [5.41, 5.74) is 1.95. The Morgan fingerprint density at radius 1 is 1.38 bits per heavy atom. The van der Waals surface area contributed by atoms with Crippen molar-refractivity contribution >= 4 is 16.8 Å². The van der Waals surface area contributed by atoms with Crippen LogP contribution >= 0.6 is 11.6 Å². The van der Waals surface area contributed by atoms with Crippen LogP contribution in [0.15, 0.2) is 24.3 Å². The quantitative estimate of drug-likeness (QED) is 0.693. The van der Waals surface area contributed by atoms with Crippen LogP contribution in [-0.4, -0.2) is 12.4 Å². The Hall–Kier alpha value is -0.860. The Morgan fingerprint density at radius 2 is 2.00 bits per heavy atom. The summed E-state index contributed by atoms with van der Waals surface area (Å²) in [5, 5.41) is -0.344. The number of halogens is 1. The van der Waals surface area contributed by atoms with Gasteiger partial charge >= 0.3 is 0 Å². The second-order valence-electron chi connectivity index (χ2n) is 2.73. The molecule has 0 aromatic heterocycles. The van der Waals surface area contributed by atoms with Crippen LogP contribution in [-0.2, 0) is 22.6 Å². The molecule has 0 amide bonds. The summed E-state index contributed by atoms with van der Waals surface area (Å²) in [6.45, 7) is 0.514. The Labute approximate surface area is 82.5 Å². The highest BCUT2D eigenvalue weighted by molar-refractivity contribution is 6.63. The fourth-order valence-electron chi connectivity index (χ4n) is 1.18. The van der Waals surface area contributed by atoms with Crippen LogP contribution in [0.1, 0.15) is 11.1 Å². The molecule has 3 heteroatoms. The second-order valence-corrected chi connectivity index (χ2v) is 3.16. The number of rotatable bonds is 4. The van der Waals surface area contributed by atoms with Crippen LogP contribution < -0.4 is 0 Å². The van der Waals surface area contributed by atoms with Crippen LogP contribution in [0.5, 0.6) is 0 Å². The fraction of sp³-hybridized carbons (Fsp3) is 0.300. The van der Waals surface area contributed by atoms with Crippen LogP contribution in [0.25, 0.3) is 0 Å². The smallest absolute Gasteiger partial charge is 0.226 e. The summed E-state index contributed by atoms with van der Waals surface area (Å²) in [6, 6.07) is 7.61. The molecule has 0 fully saturated rings. The fourth-order valence-corrected chi connectivity index (χ4v) is 1.32. The van der Waals surface area contributed by atoms with Gasteiger partial charge in [0, 0.05) is 13.5 Å². The molecule has 1 rings (SSSR count). The van der Waals surface area contributed by atoms with Crippen molar-refractivity contribution < 1.29 is 9.53 Å². The van der Waals surface area contributed by atoms with E-state index in [2.05, 4.69) is 0 Å². The van der Waals surface area contributed by atoms with Crippen molar-refractivity contribution in [2.45, 2.75) is 13.0 Å². The lowest BCUT2D eigenvalue weighted by molar-refractivity contribution is -0.111. The molecule has 0 spiro atoms. The first-order valence-corrected chi connectivity index (χ1v) is 4.36. The Bertz CT molecular complexity index is 297. The SMILES string of the molecule is COCc1ccccc1CC(=O)Cl. The zero-order valence-electron chi connectivity index (χ0n) is 7.42. The minimum atomic E-state index is -0.344. The van der Waals surface area contributed by atoms with E-state index in [4.69, 9.17) is 16.3 Å². The van der Waals surface area contributed by atoms with Gasteiger partial charge in [0.2, 0.25) is 5.24 Å². The molecule has 1 aromatic carbocycles. The standard InChI is InChI=1S/C10H11ClO2/c1-13-7-9-5-3-2-4-8(9)6-10(11)12/h2-5H,6-7H2,1H3. The molecular weight excluding hydrogens is 188 g/mol. The molecule has 2 nitrogen and oxygen atoms in total. The highest BCUT2D eigenvalue weighted by Gasteiger charge is 2.04. The van der Waals surface area contributed by atoms with Crippen molar-refractivity contribution in [1.29, 1.82) is 0 Å². The number of benzene rings is 1. The largest absolute Gasteiger partial charge is 0.380 e. The van der Waals surface area contributed by atoms with E-state index in [0.29, 0.717) is 6.61 Å². The summed E-state index contributed by atoms with van der Waals surface area (Å²) in [6.07, 6.45) is 0.265. The summed E-state index contributed by atoms with van der Waals surface area (Å²) in [5.74, 6) is 0. The number of carbonyl (C=O) groups excluding carboxylic acids is 1. The van der Waals surface area contributed by atoms with E-state index in [-0.39, 0.29) is 11.7 Å². The normalized spacial score (nSPS) is 10.0. The third-order valence-corrected chi connectivity index (χ3v) is 1.88. The first kappa shape index (κ1) is 10.2. The predicted octanol–water partition coefficient (Wildman–Crippen LogP) is 2.14. The van der Waals surface area contributed by atoms with E-state index in [9.17, 15) is 4.79 Å². The van der Waals surface area contributed by atoms with Gasteiger partial charge in [0.05, 0.1) is 6.61 Å². The zero-order chi connectivity index (χ0) is 9.68. The lowest BCUT2D eigenvalue weighted by atomic mass is 10.1. The second kappa shape index (κ2) is 5.00. The van der Waals surface area contributed by atoms with Crippen LogP contribution in [0.4, 0.5) is 0 Å². The van der Waals surface area contributed by atoms with Crippen molar-refractivity contribution in [2.75, 3.05) is 7.11 Å². The van der Waals surface area contributed by atoms with Crippen molar-refractivity contribution in [3.8, 4) is 0 Å². The number of hydrogen-bond donors (Lipinski definition) is 0. The van der Waals surface area contributed by atoms with Crippen LogP contribution in [0.2, 0.25) is 0 Å². The van der Waals surface area contributed by atoms with E-state index in [1.165, 1.54) is 0 Å². The summed E-state index contributed by atoms with van der Waals surface area (Å²) in [7, 11) is 1.62. The maximum atomic E-state index is 10.7. The minimum absolute atomic E-state index is 0.265. The predicted molar refractivity (Wildman–Crippen MR) is 51.7 cm³/mol. The lowest BCUT2D eigenvalue weighted by Crippen LogP contribution is -1.99. The number of ether oxygens (including phenoxy) is 1. The number of carbonyl (C=O) groups is 1. The third kappa shape index (κ3) is 3.17. The molecule has 1 aromatic rings. The Kier molecular flexibility index (Phi) is 3.93. The van der Waals surface area contributed by atoms with E-state index >= 15 is 0 Å². The van der Waals surface area contributed by atoms with Crippen molar-refractivity contribution in [3.63, 3.8) is 0 Å². The molecule has 0 radical (unpaired) electrons. The molecule has 0 aliphatic heterocycles. The van der Waals surface area contributed by atoms with Gasteiger partial charge in [-0.15, -0.1) is 0 Å². The topological polar surface area (TPSA) is 26.3 Å². The van der Waals surface area contributed by atoms with Crippen LogP contribution in [0, 0.1) is 0 Å². The van der Waals surface area contributed by atoms with Crippen molar-refractivity contribution in [3.05, 3.63) is 35.4 Å². The number of hydrogen-bond acceptors (Lipinski definition) is 2. The van der Waals surface area contributed by atoms with Gasteiger partial charge in [-0.05, 0) is 22.7 Å². The monoisotopic (exact) mass is 198 g/mol. The zero-order valence-corrected chi connectivity index (χ0v) is 8.17.